The Hall–Kier alpha value is -2.17. The molecule has 1 aliphatic rings. The normalized spacial score (nSPS) is 14.1. The molecule has 1 aliphatic heterocycles. The summed E-state index contributed by atoms with van der Waals surface area (Å²) in [5.74, 6) is -0.907. The van der Waals surface area contributed by atoms with Crippen LogP contribution in [0.2, 0.25) is 10.0 Å². The van der Waals surface area contributed by atoms with Gasteiger partial charge in [0.1, 0.15) is 0 Å². The van der Waals surface area contributed by atoms with Gasteiger partial charge in [0.2, 0.25) is 0 Å². The standard InChI is InChI=1S/C15H8Cl2N2O2/c16-12-7-3-4-9(13(12)17)8-18-19-14(20)10-5-1-2-6-11(10)15(19)21/h1-8H. The van der Waals surface area contributed by atoms with E-state index in [2.05, 4.69) is 5.10 Å². The third-order valence-electron chi connectivity index (χ3n) is 3.07. The third kappa shape index (κ3) is 2.33. The first kappa shape index (κ1) is 13.8. The molecule has 0 bridgehead atoms. The molecule has 2 aromatic carbocycles. The molecule has 0 N–H and O–H groups in total. The zero-order chi connectivity index (χ0) is 15.0. The lowest BCUT2D eigenvalue weighted by Crippen LogP contribution is -2.24. The van der Waals surface area contributed by atoms with Gasteiger partial charge in [0.05, 0.1) is 27.4 Å². The molecular weight excluding hydrogens is 311 g/mol. The van der Waals surface area contributed by atoms with Gasteiger partial charge in [0.15, 0.2) is 0 Å². The molecule has 2 aromatic rings. The molecule has 2 amide bonds. The number of hydrogen-bond acceptors (Lipinski definition) is 3. The first-order valence-electron chi connectivity index (χ1n) is 6.05. The first-order chi connectivity index (χ1) is 10.1. The number of carbonyl (C=O) groups is 2. The quantitative estimate of drug-likeness (QED) is 0.627. The van der Waals surface area contributed by atoms with Gasteiger partial charge >= 0.3 is 0 Å². The van der Waals surface area contributed by atoms with Crippen molar-refractivity contribution < 1.29 is 9.59 Å². The van der Waals surface area contributed by atoms with E-state index >= 15 is 0 Å². The Bertz CT molecular complexity index is 752. The third-order valence-corrected chi connectivity index (χ3v) is 3.90. The molecule has 0 saturated carbocycles. The van der Waals surface area contributed by atoms with Crippen LogP contribution < -0.4 is 0 Å². The highest BCUT2D eigenvalue weighted by Gasteiger charge is 2.35. The molecule has 0 radical (unpaired) electrons. The van der Waals surface area contributed by atoms with Gasteiger partial charge in [-0.3, -0.25) is 9.59 Å². The average molecular weight is 319 g/mol. The molecule has 6 heteroatoms. The monoisotopic (exact) mass is 318 g/mol. The Morgan fingerprint density at radius 1 is 0.905 bits per heavy atom. The minimum Gasteiger partial charge on any atom is -0.267 e. The van der Waals surface area contributed by atoms with E-state index in [1.807, 2.05) is 0 Å². The maximum atomic E-state index is 12.1. The smallest absolute Gasteiger partial charge is 0.267 e. The number of carbonyl (C=O) groups excluding carboxylic acids is 2. The Morgan fingerprint density at radius 2 is 1.52 bits per heavy atom. The second-order valence-corrected chi connectivity index (χ2v) is 5.14. The molecule has 21 heavy (non-hydrogen) atoms. The van der Waals surface area contributed by atoms with Crippen molar-refractivity contribution in [2.24, 2.45) is 5.10 Å². The fourth-order valence-electron chi connectivity index (χ4n) is 2.02. The molecule has 0 fully saturated rings. The van der Waals surface area contributed by atoms with Gasteiger partial charge in [-0.2, -0.15) is 10.1 Å². The van der Waals surface area contributed by atoms with Gasteiger partial charge in [-0.05, 0) is 18.2 Å². The molecule has 0 aromatic heterocycles. The molecule has 0 spiro atoms. The number of nitrogens with zero attached hydrogens (tertiary/aromatic N) is 2. The van der Waals surface area contributed by atoms with Gasteiger partial charge in [-0.1, -0.05) is 47.5 Å². The molecule has 0 saturated heterocycles. The van der Waals surface area contributed by atoms with Crippen molar-refractivity contribution in [3.8, 4) is 0 Å². The van der Waals surface area contributed by atoms with E-state index in [0.29, 0.717) is 26.7 Å². The van der Waals surface area contributed by atoms with Crippen molar-refractivity contribution in [2.75, 3.05) is 0 Å². The van der Waals surface area contributed by atoms with Crippen LogP contribution in [0.5, 0.6) is 0 Å². The van der Waals surface area contributed by atoms with Crippen LogP contribution in [0.4, 0.5) is 0 Å². The van der Waals surface area contributed by atoms with E-state index in [-0.39, 0.29) is 0 Å². The maximum Gasteiger partial charge on any atom is 0.282 e. The van der Waals surface area contributed by atoms with Crippen molar-refractivity contribution in [3.05, 3.63) is 69.2 Å². The van der Waals surface area contributed by atoms with Crippen LogP contribution in [0.15, 0.2) is 47.6 Å². The molecular formula is C15H8Cl2N2O2. The van der Waals surface area contributed by atoms with Gasteiger partial charge in [-0.25, -0.2) is 0 Å². The van der Waals surface area contributed by atoms with Crippen molar-refractivity contribution in [1.29, 1.82) is 0 Å². The number of imide groups is 1. The van der Waals surface area contributed by atoms with Gasteiger partial charge in [-0.15, -0.1) is 0 Å². The van der Waals surface area contributed by atoms with Crippen LogP contribution in [-0.2, 0) is 0 Å². The van der Waals surface area contributed by atoms with E-state index in [9.17, 15) is 9.59 Å². The predicted octanol–water partition coefficient (Wildman–Crippen LogP) is 3.62. The van der Waals surface area contributed by atoms with Crippen LogP contribution in [0, 0.1) is 0 Å². The predicted molar refractivity (Wildman–Crippen MR) is 81.0 cm³/mol. The Balaban J connectivity index is 1.93. The minimum absolute atomic E-state index is 0.319. The number of rotatable bonds is 2. The SMILES string of the molecule is O=C1c2ccccc2C(=O)N1N=Cc1cccc(Cl)c1Cl. The number of fused-ring (bicyclic) bond motifs is 1. The van der Waals surface area contributed by atoms with E-state index in [1.54, 1.807) is 42.5 Å². The molecule has 1 heterocycles. The summed E-state index contributed by atoms with van der Waals surface area (Å²) in [4.78, 5) is 24.2. The Morgan fingerprint density at radius 3 is 2.14 bits per heavy atom. The molecule has 0 atom stereocenters. The topological polar surface area (TPSA) is 49.7 Å². The molecule has 4 nitrogen and oxygen atoms in total. The van der Waals surface area contributed by atoms with Crippen molar-refractivity contribution in [1.82, 2.24) is 5.01 Å². The summed E-state index contributed by atoms with van der Waals surface area (Å²) in [6.07, 6.45) is 1.34. The molecule has 3 rings (SSSR count). The number of halogens is 2. The van der Waals surface area contributed by atoms with Crippen LogP contribution >= 0.6 is 23.2 Å². The molecule has 104 valence electrons. The van der Waals surface area contributed by atoms with Gasteiger partial charge in [0, 0.05) is 5.56 Å². The fourth-order valence-corrected chi connectivity index (χ4v) is 2.38. The van der Waals surface area contributed by atoms with Crippen LogP contribution in [0.1, 0.15) is 26.3 Å². The zero-order valence-electron chi connectivity index (χ0n) is 10.6. The van der Waals surface area contributed by atoms with Crippen LogP contribution in [0.3, 0.4) is 0 Å². The number of hydrazone groups is 1. The molecule has 0 unspecified atom stereocenters. The minimum atomic E-state index is -0.454. The van der Waals surface area contributed by atoms with Gasteiger partial charge < -0.3 is 0 Å². The first-order valence-corrected chi connectivity index (χ1v) is 6.81. The Kier molecular flexibility index (Phi) is 3.49. The lowest BCUT2D eigenvalue weighted by Gasteiger charge is -2.06. The second kappa shape index (κ2) is 5.31. The average Bonchev–Trinajstić information content (AvgIpc) is 2.73. The maximum absolute atomic E-state index is 12.1. The van der Waals surface area contributed by atoms with Crippen LogP contribution in [-0.4, -0.2) is 23.0 Å². The highest BCUT2D eigenvalue weighted by molar-refractivity contribution is 6.43. The highest BCUT2D eigenvalue weighted by atomic mass is 35.5. The Labute approximate surface area is 130 Å². The van der Waals surface area contributed by atoms with Crippen molar-refractivity contribution in [2.45, 2.75) is 0 Å². The summed E-state index contributed by atoms with van der Waals surface area (Å²) in [6, 6.07) is 11.6. The van der Waals surface area contributed by atoms with Crippen molar-refractivity contribution >= 4 is 41.2 Å². The molecule has 0 aliphatic carbocycles. The lowest BCUT2D eigenvalue weighted by molar-refractivity contribution is 0.0660. The summed E-state index contributed by atoms with van der Waals surface area (Å²) in [7, 11) is 0. The summed E-state index contributed by atoms with van der Waals surface area (Å²) in [6.45, 7) is 0. The number of amides is 2. The lowest BCUT2D eigenvalue weighted by atomic mass is 10.1. The number of hydrogen-bond donors (Lipinski definition) is 0. The van der Waals surface area contributed by atoms with Crippen LogP contribution in [0.25, 0.3) is 0 Å². The number of benzene rings is 2. The highest BCUT2D eigenvalue weighted by Crippen LogP contribution is 2.25. The van der Waals surface area contributed by atoms with Gasteiger partial charge in [0.25, 0.3) is 11.8 Å². The van der Waals surface area contributed by atoms with Crippen molar-refractivity contribution in [3.63, 3.8) is 0 Å². The summed E-state index contributed by atoms with van der Waals surface area (Å²) < 4.78 is 0. The largest absolute Gasteiger partial charge is 0.282 e. The fraction of sp³-hybridized carbons (Fsp3) is 0. The second-order valence-electron chi connectivity index (χ2n) is 4.36. The van der Waals surface area contributed by atoms with E-state index in [4.69, 9.17) is 23.2 Å². The van der Waals surface area contributed by atoms with E-state index < -0.39 is 11.8 Å². The van der Waals surface area contributed by atoms with E-state index in [1.165, 1.54) is 6.21 Å². The zero-order valence-corrected chi connectivity index (χ0v) is 12.1. The summed E-state index contributed by atoms with van der Waals surface area (Å²) in [5, 5.41) is 5.46. The summed E-state index contributed by atoms with van der Waals surface area (Å²) in [5.41, 5.74) is 1.22. The summed E-state index contributed by atoms with van der Waals surface area (Å²) >= 11 is 11.9. The van der Waals surface area contributed by atoms with E-state index in [0.717, 1.165) is 5.01 Å².